The molecule has 1 unspecified atom stereocenters. The average molecular weight is 282 g/mol. The lowest BCUT2D eigenvalue weighted by Gasteiger charge is -2.30. The van der Waals surface area contributed by atoms with Crippen molar-refractivity contribution < 1.29 is 0 Å². The Bertz CT molecular complexity index is 655. The van der Waals surface area contributed by atoms with Crippen molar-refractivity contribution >= 4 is 29.4 Å². The van der Waals surface area contributed by atoms with Gasteiger partial charge in [0.05, 0.1) is 6.04 Å². The molecule has 1 aliphatic heterocycles. The van der Waals surface area contributed by atoms with Crippen molar-refractivity contribution in [2.75, 3.05) is 11.9 Å². The van der Waals surface area contributed by atoms with Crippen LogP contribution in [0.2, 0.25) is 5.02 Å². The number of hydrogen-bond donors (Lipinski definition) is 0. The second kappa shape index (κ2) is 5.56. The molecule has 1 aliphatic rings. The van der Waals surface area contributed by atoms with Crippen LogP contribution in [0.15, 0.2) is 60.7 Å². The Labute approximate surface area is 124 Å². The fourth-order valence-electron chi connectivity index (χ4n) is 2.42. The molecule has 1 nitrogen and oxygen atoms in total. The van der Waals surface area contributed by atoms with Gasteiger partial charge in [0, 0.05) is 17.8 Å². The summed E-state index contributed by atoms with van der Waals surface area (Å²) in [4.78, 5) is 2.28. The molecule has 0 N–H and O–H groups in total. The first-order valence-corrected chi connectivity index (χ1v) is 7.06. The minimum absolute atomic E-state index is 0.278. The Morgan fingerprint density at radius 3 is 2.60 bits per heavy atom. The van der Waals surface area contributed by atoms with E-state index in [1.165, 1.54) is 11.3 Å². The fraction of sp³-hybridized carbons (Fsp3) is 0.111. The number of nitrogens with zero attached hydrogens (tertiary/aromatic N) is 1. The number of halogens is 1. The van der Waals surface area contributed by atoms with Crippen LogP contribution in [0.1, 0.15) is 11.1 Å². The van der Waals surface area contributed by atoms with Crippen LogP contribution in [0.25, 0.3) is 12.2 Å². The Kier molecular flexibility index (Phi) is 3.62. The Balaban J connectivity index is 1.81. The first kappa shape index (κ1) is 13.0. The van der Waals surface area contributed by atoms with Gasteiger partial charge >= 0.3 is 0 Å². The number of benzene rings is 2. The molecule has 1 atom stereocenters. The highest BCUT2D eigenvalue weighted by atomic mass is 35.5. The molecule has 20 heavy (non-hydrogen) atoms. The Hall–Kier alpha value is -1.99. The van der Waals surface area contributed by atoms with E-state index in [0.717, 1.165) is 10.6 Å². The molecule has 2 heteroatoms. The van der Waals surface area contributed by atoms with Crippen molar-refractivity contribution in [1.29, 1.82) is 0 Å². The summed E-state index contributed by atoms with van der Waals surface area (Å²) in [6, 6.07) is 16.6. The van der Waals surface area contributed by atoms with Crippen molar-refractivity contribution in [2.24, 2.45) is 0 Å². The van der Waals surface area contributed by atoms with Gasteiger partial charge in [0.15, 0.2) is 0 Å². The molecular formula is C18H16ClN. The number of anilines is 1. The van der Waals surface area contributed by atoms with Crippen LogP contribution >= 0.6 is 11.6 Å². The molecule has 1 heterocycles. The van der Waals surface area contributed by atoms with Gasteiger partial charge in [0.1, 0.15) is 0 Å². The highest BCUT2D eigenvalue weighted by Crippen LogP contribution is 2.28. The zero-order valence-corrected chi connectivity index (χ0v) is 12.1. The average Bonchev–Trinajstić information content (AvgIpc) is 2.49. The molecule has 0 bridgehead atoms. The zero-order valence-electron chi connectivity index (χ0n) is 11.3. The van der Waals surface area contributed by atoms with E-state index in [1.807, 2.05) is 24.3 Å². The first-order chi connectivity index (χ1) is 9.74. The van der Waals surface area contributed by atoms with Gasteiger partial charge < -0.3 is 4.90 Å². The summed E-state index contributed by atoms with van der Waals surface area (Å²) >= 11 is 5.90. The lowest BCUT2D eigenvalue weighted by Crippen LogP contribution is -2.30. The second-order valence-corrected chi connectivity index (χ2v) is 5.37. The molecule has 3 rings (SSSR count). The Morgan fingerprint density at radius 2 is 1.80 bits per heavy atom. The van der Waals surface area contributed by atoms with Gasteiger partial charge in [-0.05, 0) is 29.3 Å². The van der Waals surface area contributed by atoms with Gasteiger partial charge in [-0.15, -0.1) is 0 Å². The second-order valence-electron chi connectivity index (χ2n) is 4.93. The highest BCUT2D eigenvalue weighted by Gasteiger charge is 2.15. The van der Waals surface area contributed by atoms with Gasteiger partial charge in [-0.1, -0.05) is 66.2 Å². The minimum Gasteiger partial charge on any atom is -0.364 e. The van der Waals surface area contributed by atoms with Crippen molar-refractivity contribution in [1.82, 2.24) is 0 Å². The first-order valence-electron chi connectivity index (χ1n) is 6.68. The molecule has 0 amide bonds. The van der Waals surface area contributed by atoms with Crippen LogP contribution in [0, 0.1) is 0 Å². The summed E-state index contributed by atoms with van der Waals surface area (Å²) in [6.07, 6.45) is 8.74. The molecule has 0 aromatic heterocycles. The normalized spacial score (nSPS) is 17.5. The minimum atomic E-state index is 0.278. The summed E-state index contributed by atoms with van der Waals surface area (Å²) in [5.74, 6) is 0. The summed E-state index contributed by atoms with van der Waals surface area (Å²) in [5, 5.41) is 0.769. The maximum Gasteiger partial charge on any atom is 0.0660 e. The largest absolute Gasteiger partial charge is 0.364 e. The van der Waals surface area contributed by atoms with Gasteiger partial charge in [0.2, 0.25) is 0 Å². The molecule has 2 aromatic carbocycles. The van der Waals surface area contributed by atoms with Gasteiger partial charge in [-0.25, -0.2) is 0 Å². The fourth-order valence-corrected chi connectivity index (χ4v) is 2.54. The molecule has 2 aromatic rings. The summed E-state index contributed by atoms with van der Waals surface area (Å²) in [6.45, 7) is 0. The molecule has 0 spiro atoms. The molecular weight excluding hydrogens is 266 g/mol. The van der Waals surface area contributed by atoms with Crippen molar-refractivity contribution in [3.05, 3.63) is 76.8 Å². The summed E-state index contributed by atoms with van der Waals surface area (Å²) in [7, 11) is 2.12. The van der Waals surface area contributed by atoms with Crippen LogP contribution in [0.4, 0.5) is 5.69 Å². The van der Waals surface area contributed by atoms with Crippen molar-refractivity contribution in [3.63, 3.8) is 0 Å². The van der Waals surface area contributed by atoms with E-state index in [9.17, 15) is 0 Å². The third-order valence-corrected chi connectivity index (χ3v) is 3.84. The molecule has 0 saturated carbocycles. The number of fused-ring (bicyclic) bond motifs is 1. The van der Waals surface area contributed by atoms with Gasteiger partial charge in [-0.3, -0.25) is 0 Å². The van der Waals surface area contributed by atoms with Crippen LogP contribution < -0.4 is 4.90 Å². The predicted octanol–water partition coefficient (Wildman–Crippen LogP) is 4.89. The lowest BCUT2D eigenvalue weighted by molar-refractivity contribution is 0.889. The van der Waals surface area contributed by atoms with E-state index >= 15 is 0 Å². The quantitative estimate of drug-likeness (QED) is 0.758. The third-order valence-electron chi connectivity index (χ3n) is 3.59. The van der Waals surface area contributed by atoms with Crippen LogP contribution in [0.5, 0.6) is 0 Å². The van der Waals surface area contributed by atoms with E-state index in [-0.39, 0.29) is 6.04 Å². The van der Waals surface area contributed by atoms with E-state index in [1.54, 1.807) is 0 Å². The molecule has 0 fully saturated rings. The van der Waals surface area contributed by atoms with E-state index in [2.05, 4.69) is 60.5 Å². The summed E-state index contributed by atoms with van der Waals surface area (Å²) < 4.78 is 0. The maximum atomic E-state index is 5.90. The molecule has 0 saturated heterocycles. The third kappa shape index (κ3) is 2.63. The monoisotopic (exact) mass is 281 g/mol. The molecule has 100 valence electrons. The Morgan fingerprint density at radius 1 is 1.05 bits per heavy atom. The SMILES string of the molecule is CN1c2ccccc2C=CC1/C=C/c1ccc(Cl)cc1. The van der Waals surface area contributed by atoms with E-state index < -0.39 is 0 Å². The van der Waals surface area contributed by atoms with Crippen LogP contribution in [-0.2, 0) is 0 Å². The highest BCUT2D eigenvalue weighted by molar-refractivity contribution is 6.30. The molecule has 0 aliphatic carbocycles. The van der Waals surface area contributed by atoms with E-state index in [0.29, 0.717) is 0 Å². The van der Waals surface area contributed by atoms with Gasteiger partial charge in [0.25, 0.3) is 0 Å². The van der Waals surface area contributed by atoms with Crippen LogP contribution in [-0.4, -0.2) is 13.1 Å². The van der Waals surface area contributed by atoms with Gasteiger partial charge in [-0.2, -0.15) is 0 Å². The van der Waals surface area contributed by atoms with Crippen molar-refractivity contribution in [3.8, 4) is 0 Å². The maximum absolute atomic E-state index is 5.90. The molecule has 0 radical (unpaired) electrons. The number of likely N-dealkylation sites (N-methyl/N-ethyl adjacent to an activating group) is 1. The standard InChI is InChI=1S/C18H16ClN/c1-20-17(12-8-14-6-10-16(19)11-7-14)13-9-15-4-2-3-5-18(15)20/h2-13,17H,1H3/b12-8+. The number of para-hydroxylation sites is 1. The van der Waals surface area contributed by atoms with Crippen molar-refractivity contribution in [2.45, 2.75) is 6.04 Å². The summed E-state index contributed by atoms with van der Waals surface area (Å²) in [5.41, 5.74) is 3.70. The lowest BCUT2D eigenvalue weighted by atomic mass is 10.0. The predicted molar refractivity (Wildman–Crippen MR) is 88.2 cm³/mol. The number of hydrogen-bond acceptors (Lipinski definition) is 1. The number of rotatable bonds is 2. The topological polar surface area (TPSA) is 3.24 Å². The smallest absolute Gasteiger partial charge is 0.0660 e. The van der Waals surface area contributed by atoms with E-state index in [4.69, 9.17) is 11.6 Å². The zero-order chi connectivity index (χ0) is 13.9. The van der Waals surface area contributed by atoms with Crippen LogP contribution in [0.3, 0.4) is 0 Å².